The van der Waals surface area contributed by atoms with Gasteiger partial charge in [-0.2, -0.15) is 0 Å². The lowest BCUT2D eigenvalue weighted by molar-refractivity contribution is -0.143. The minimum Gasteiger partial charge on any atom is -0.480 e. The maximum atomic E-state index is 11.7. The lowest BCUT2D eigenvalue weighted by Crippen LogP contribution is -2.56. The summed E-state index contributed by atoms with van der Waals surface area (Å²) in [5.74, 6) is -0.986. The van der Waals surface area contributed by atoms with Crippen LogP contribution >= 0.6 is 0 Å². The molecule has 0 bridgehead atoms. The Labute approximate surface area is 112 Å². The fourth-order valence-electron chi connectivity index (χ4n) is 1.80. The Morgan fingerprint density at radius 1 is 1.32 bits per heavy atom. The fourth-order valence-corrected chi connectivity index (χ4v) is 3.29. The zero-order valence-electron chi connectivity index (χ0n) is 11.1. The number of nitrogens with one attached hydrogen (secondary N) is 2. The predicted octanol–water partition coefficient (Wildman–Crippen LogP) is 0.116. The number of carbonyl (C=O) groups excluding carboxylic acids is 1. The van der Waals surface area contributed by atoms with E-state index in [9.17, 15) is 18.0 Å². The normalized spacial score (nSPS) is 22.2. The first-order valence-corrected chi connectivity index (χ1v) is 8.03. The summed E-state index contributed by atoms with van der Waals surface area (Å²) < 4.78 is 22.5. The lowest BCUT2D eigenvalue weighted by atomic mass is 10.00. The van der Waals surface area contributed by atoms with Crippen LogP contribution in [0.25, 0.3) is 0 Å². The van der Waals surface area contributed by atoms with Gasteiger partial charge in [-0.25, -0.2) is 18.0 Å². The Hall–Kier alpha value is -1.31. The Kier molecular flexibility index (Phi) is 4.78. The van der Waals surface area contributed by atoms with Crippen LogP contribution in [-0.4, -0.2) is 48.6 Å². The van der Waals surface area contributed by atoms with Gasteiger partial charge in [0.15, 0.2) is 0 Å². The van der Waals surface area contributed by atoms with E-state index in [0.29, 0.717) is 12.8 Å². The maximum absolute atomic E-state index is 11.7. The van der Waals surface area contributed by atoms with Crippen molar-refractivity contribution in [2.24, 2.45) is 0 Å². The molecule has 1 heterocycles. The number of amides is 2. The number of sulfone groups is 1. The summed E-state index contributed by atoms with van der Waals surface area (Å²) in [6.07, 6.45) is 0.992. The van der Waals surface area contributed by atoms with Crippen LogP contribution in [0.3, 0.4) is 0 Å². The number of carboxylic acid groups (broad SMARTS) is 1. The van der Waals surface area contributed by atoms with E-state index in [1.165, 1.54) is 6.92 Å². The number of carbonyl (C=O) groups is 2. The van der Waals surface area contributed by atoms with E-state index in [1.807, 2.05) is 0 Å². The molecule has 3 N–H and O–H groups in total. The Morgan fingerprint density at radius 2 is 1.84 bits per heavy atom. The minimum atomic E-state index is -2.97. The zero-order chi connectivity index (χ0) is 14.7. The van der Waals surface area contributed by atoms with Crippen molar-refractivity contribution in [3.05, 3.63) is 0 Å². The van der Waals surface area contributed by atoms with Crippen molar-refractivity contribution < 1.29 is 23.1 Å². The number of hydrogen-bond donors (Lipinski definition) is 3. The van der Waals surface area contributed by atoms with E-state index in [0.717, 1.165) is 0 Å². The smallest absolute Gasteiger partial charge is 0.329 e. The molecule has 0 aromatic heterocycles. The molecule has 0 aromatic rings. The summed E-state index contributed by atoms with van der Waals surface area (Å²) in [5, 5.41) is 14.1. The van der Waals surface area contributed by atoms with E-state index in [2.05, 4.69) is 10.6 Å². The molecule has 2 amide bonds. The molecule has 1 unspecified atom stereocenters. The minimum absolute atomic E-state index is 0.0575. The molecule has 1 aliphatic heterocycles. The summed E-state index contributed by atoms with van der Waals surface area (Å²) >= 11 is 0. The Bertz CT molecular complexity index is 448. The molecule has 7 nitrogen and oxygen atoms in total. The SMILES string of the molecule is CCC(C)(NC(=O)NC1CCS(=O)(=O)CC1)C(=O)O. The van der Waals surface area contributed by atoms with Crippen LogP contribution in [0.4, 0.5) is 4.79 Å². The molecule has 1 fully saturated rings. The maximum Gasteiger partial charge on any atom is 0.329 e. The molecule has 1 aliphatic rings. The second kappa shape index (κ2) is 5.77. The van der Waals surface area contributed by atoms with Crippen LogP contribution in [0.2, 0.25) is 0 Å². The van der Waals surface area contributed by atoms with E-state index < -0.39 is 27.4 Å². The van der Waals surface area contributed by atoms with Crippen molar-refractivity contribution in [2.45, 2.75) is 44.7 Å². The van der Waals surface area contributed by atoms with Gasteiger partial charge in [0.25, 0.3) is 0 Å². The highest BCUT2D eigenvalue weighted by molar-refractivity contribution is 7.91. The summed E-state index contributed by atoms with van der Waals surface area (Å²) in [7, 11) is -2.97. The molecule has 0 aromatic carbocycles. The van der Waals surface area contributed by atoms with E-state index in [-0.39, 0.29) is 24.0 Å². The summed E-state index contributed by atoms with van der Waals surface area (Å²) in [6.45, 7) is 3.10. The third-order valence-corrected chi connectivity index (χ3v) is 5.17. The van der Waals surface area contributed by atoms with Crippen LogP contribution < -0.4 is 10.6 Å². The van der Waals surface area contributed by atoms with Crippen molar-refractivity contribution in [1.29, 1.82) is 0 Å². The Balaban J connectivity index is 2.50. The van der Waals surface area contributed by atoms with Crippen molar-refractivity contribution in [3.8, 4) is 0 Å². The highest BCUT2D eigenvalue weighted by Crippen LogP contribution is 2.13. The van der Waals surface area contributed by atoms with E-state index in [1.54, 1.807) is 6.92 Å². The van der Waals surface area contributed by atoms with Crippen LogP contribution in [0.5, 0.6) is 0 Å². The monoisotopic (exact) mass is 292 g/mol. The van der Waals surface area contributed by atoms with Crippen molar-refractivity contribution in [1.82, 2.24) is 10.6 Å². The van der Waals surface area contributed by atoms with Crippen LogP contribution in [0.1, 0.15) is 33.1 Å². The van der Waals surface area contributed by atoms with Crippen LogP contribution in [-0.2, 0) is 14.6 Å². The fraction of sp³-hybridized carbons (Fsp3) is 0.818. The average molecular weight is 292 g/mol. The van der Waals surface area contributed by atoms with Gasteiger partial charge in [0, 0.05) is 6.04 Å². The highest BCUT2D eigenvalue weighted by Gasteiger charge is 2.33. The van der Waals surface area contributed by atoms with E-state index in [4.69, 9.17) is 5.11 Å². The van der Waals surface area contributed by atoms with Crippen molar-refractivity contribution in [3.63, 3.8) is 0 Å². The second-order valence-electron chi connectivity index (χ2n) is 5.02. The summed E-state index contributed by atoms with van der Waals surface area (Å²) in [6, 6.07) is -0.797. The van der Waals surface area contributed by atoms with Crippen molar-refractivity contribution >= 4 is 21.8 Å². The first-order chi connectivity index (χ1) is 8.68. The molecular formula is C11H20N2O5S. The van der Waals surface area contributed by atoms with E-state index >= 15 is 0 Å². The molecule has 8 heteroatoms. The van der Waals surface area contributed by atoms with Crippen LogP contribution in [0.15, 0.2) is 0 Å². The van der Waals surface area contributed by atoms with Gasteiger partial charge in [-0.3, -0.25) is 0 Å². The Morgan fingerprint density at radius 3 is 2.26 bits per heavy atom. The lowest BCUT2D eigenvalue weighted by Gasteiger charge is -2.28. The summed E-state index contributed by atoms with van der Waals surface area (Å²) in [5.41, 5.74) is -1.31. The predicted molar refractivity (Wildman–Crippen MR) is 69.7 cm³/mol. The molecule has 0 aliphatic carbocycles. The van der Waals surface area contributed by atoms with Gasteiger partial charge in [-0.1, -0.05) is 6.92 Å². The van der Waals surface area contributed by atoms with Gasteiger partial charge in [0.05, 0.1) is 11.5 Å². The highest BCUT2D eigenvalue weighted by atomic mass is 32.2. The molecule has 1 atom stereocenters. The van der Waals surface area contributed by atoms with Gasteiger partial charge < -0.3 is 15.7 Å². The first kappa shape index (κ1) is 15.7. The van der Waals surface area contributed by atoms with Gasteiger partial charge in [0.2, 0.25) is 0 Å². The summed E-state index contributed by atoms with van der Waals surface area (Å²) in [4.78, 5) is 22.8. The topological polar surface area (TPSA) is 113 Å². The zero-order valence-corrected chi connectivity index (χ0v) is 11.9. The molecule has 110 valence electrons. The van der Waals surface area contributed by atoms with Gasteiger partial charge in [-0.15, -0.1) is 0 Å². The quantitative estimate of drug-likeness (QED) is 0.681. The first-order valence-electron chi connectivity index (χ1n) is 6.21. The molecule has 1 saturated heterocycles. The molecule has 1 rings (SSSR count). The number of aliphatic carboxylic acids is 1. The molecule has 19 heavy (non-hydrogen) atoms. The second-order valence-corrected chi connectivity index (χ2v) is 7.32. The number of hydrogen-bond acceptors (Lipinski definition) is 4. The van der Waals surface area contributed by atoms with Crippen molar-refractivity contribution in [2.75, 3.05) is 11.5 Å². The molecule has 0 saturated carbocycles. The van der Waals surface area contributed by atoms with Crippen LogP contribution in [0, 0.1) is 0 Å². The average Bonchev–Trinajstić information content (AvgIpc) is 2.31. The van der Waals surface area contributed by atoms with Gasteiger partial charge in [0.1, 0.15) is 15.4 Å². The molecule has 0 radical (unpaired) electrons. The largest absolute Gasteiger partial charge is 0.480 e. The van der Waals surface area contributed by atoms with Gasteiger partial charge >= 0.3 is 12.0 Å². The molecule has 0 spiro atoms. The number of carboxylic acids is 1. The molecular weight excluding hydrogens is 272 g/mol. The third-order valence-electron chi connectivity index (χ3n) is 3.46. The number of rotatable bonds is 4. The number of urea groups is 1. The third kappa shape index (κ3) is 4.38. The standard InChI is InChI=1S/C11H20N2O5S/c1-3-11(2,9(14)15)13-10(16)12-8-4-6-19(17,18)7-5-8/h8H,3-7H2,1-2H3,(H,14,15)(H2,12,13,16). The van der Waals surface area contributed by atoms with Gasteiger partial charge in [-0.05, 0) is 26.2 Å².